The zero-order chi connectivity index (χ0) is 14.8. The molecule has 0 aromatic carbocycles. The maximum atomic E-state index is 12.0. The minimum Gasteiger partial charge on any atom is -0.475 e. The Morgan fingerprint density at radius 3 is 2.85 bits per heavy atom. The Morgan fingerprint density at radius 1 is 1.55 bits per heavy atom. The second-order valence-electron chi connectivity index (χ2n) is 3.91. The van der Waals surface area contributed by atoms with Crippen LogP contribution < -0.4 is 4.72 Å². The molecular weight excluding hydrogens is 304 g/mol. The summed E-state index contributed by atoms with van der Waals surface area (Å²) in [5.41, 5.74) is 0. The summed E-state index contributed by atoms with van der Waals surface area (Å²) < 4.78 is 31.4. The normalized spacial score (nSPS) is 11.7. The quantitative estimate of drug-likeness (QED) is 0.830. The first kappa shape index (κ1) is 14.7. The van der Waals surface area contributed by atoms with E-state index in [1.54, 1.807) is 6.20 Å². The number of thiazole rings is 1. The fraction of sp³-hybridized carbons (Fsp3) is 0.273. The van der Waals surface area contributed by atoms with Crippen LogP contribution in [0.5, 0.6) is 0 Å². The largest absolute Gasteiger partial charge is 0.475 e. The van der Waals surface area contributed by atoms with E-state index in [-0.39, 0.29) is 17.2 Å². The van der Waals surface area contributed by atoms with E-state index in [9.17, 15) is 13.2 Å². The van der Waals surface area contributed by atoms with E-state index in [0.29, 0.717) is 6.42 Å². The number of aromatic carboxylic acids is 1. The van der Waals surface area contributed by atoms with Crippen LogP contribution in [0.3, 0.4) is 0 Å². The van der Waals surface area contributed by atoms with Gasteiger partial charge in [0.1, 0.15) is 10.7 Å². The predicted molar refractivity (Wildman–Crippen MR) is 71.4 cm³/mol. The highest BCUT2D eigenvalue weighted by Crippen LogP contribution is 2.19. The van der Waals surface area contributed by atoms with Gasteiger partial charge in [0.15, 0.2) is 0 Å². The number of carboxylic acids is 1. The number of hydrogen-bond acceptors (Lipinski definition) is 6. The molecule has 2 heterocycles. The maximum Gasteiger partial charge on any atom is 0.371 e. The van der Waals surface area contributed by atoms with Crippen molar-refractivity contribution in [2.24, 2.45) is 0 Å². The lowest BCUT2D eigenvalue weighted by molar-refractivity contribution is 0.0661. The van der Waals surface area contributed by atoms with Crippen molar-refractivity contribution in [3.05, 3.63) is 34.2 Å². The maximum absolute atomic E-state index is 12.0. The predicted octanol–water partition coefficient (Wildman–Crippen LogP) is 1.26. The topological polar surface area (TPSA) is 109 Å². The Bertz CT molecular complexity index is 703. The number of carbonyl (C=O) groups is 1. The average molecular weight is 316 g/mol. The monoisotopic (exact) mass is 316 g/mol. The lowest BCUT2D eigenvalue weighted by atomic mass is 10.4. The molecule has 0 fully saturated rings. The van der Waals surface area contributed by atoms with Gasteiger partial charge >= 0.3 is 5.97 Å². The molecule has 2 aromatic rings. The third-order valence-electron chi connectivity index (χ3n) is 2.49. The van der Waals surface area contributed by atoms with E-state index >= 15 is 0 Å². The highest BCUT2D eigenvalue weighted by Gasteiger charge is 2.23. The summed E-state index contributed by atoms with van der Waals surface area (Å²) in [5.74, 6) is -1.66. The Balaban J connectivity index is 2.08. The van der Waals surface area contributed by atoms with Crippen molar-refractivity contribution in [2.45, 2.75) is 18.2 Å². The van der Waals surface area contributed by atoms with Crippen LogP contribution in [0.25, 0.3) is 0 Å². The van der Waals surface area contributed by atoms with Crippen molar-refractivity contribution in [1.29, 1.82) is 0 Å². The molecule has 2 aromatic heterocycles. The summed E-state index contributed by atoms with van der Waals surface area (Å²) in [6.45, 7) is 1.59. The summed E-state index contributed by atoms with van der Waals surface area (Å²) in [5, 5.41) is 11.4. The summed E-state index contributed by atoms with van der Waals surface area (Å²) >= 11 is 1.44. The highest BCUT2D eigenvalue weighted by molar-refractivity contribution is 7.89. The summed E-state index contributed by atoms with van der Waals surface area (Å²) in [6, 6.07) is 1.00. The Hall–Kier alpha value is -1.71. The van der Waals surface area contributed by atoms with Crippen LogP contribution in [0.4, 0.5) is 0 Å². The van der Waals surface area contributed by atoms with Gasteiger partial charge in [-0.1, -0.05) is 0 Å². The van der Waals surface area contributed by atoms with E-state index < -0.39 is 21.8 Å². The Labute approximate surface area is 119 Å². The molecule has 0 bridgehead atoms. The molecule has 108 valence electrons. The number of aryl methyl sites for hydroxylation is 1. The van der Waals surface area contributed by atoms with Gasteiger partial charge in [-0.25, -0.2) is 22.9 Å². The Kier molecular flexibility index (Phi) is 4.21. The first-order valence-corrected chi connectivity index (χ1v) is 7.98. The van der Waals surface area contributed by atoms with Gasteiger partial charge in [0, 0.05) is 30.6 Å². The fourth-order valence-corrected chi connectivity index (χ4v) is 3.41. The lowest BCUT2D eigenvalue weighted by Gasteiger charge is -2.03. The van der Waals surface area contributed by atoms with E-state index in [4.69, 9.17) is 9.52 Å². The van der Waals surface area contributed by atoms with Crippen LogP contribution in [-0.4, -0.2) is 31.0 Å². The van der Waals surface area contributed by atoms with E-state index in [1.165, 1.54) is 18.3 Å². The molecule has 0 aliphatic rings. The van der Waals surface area contributed by atoms with Gasteiger partial charge in [-0.2, -0.15) is 0 Å². The molecule has 0 atom stereocenters. The van der Waals surface area contributed by atoms with Crippen molar-refractivity contribution in [1.82, 2.24) is 9.71 Å². The minimum absolute atomic E-state index is 0.0455. The highest BCUT2D eigenvalue weighted by atomic mass is 32.2. The average Bonchev–Trinajstić information content (AvgIpc) is 2.98. The molecule has 0 saturated carbocycles. The van der Waals surface area contributed by atoms with Crippen LogP contribution in [0.15, 0.2) is 27.0 Å². The zero-order valence-electron chi connectivity index (χ0n) is 10.5. The van der Waals surface area contributed by atoms with Crippen LogP contribution in [0, 0.1) is 6.92 Å². The Morgan fingerprint density at radius 2 is 2.30 bits per heavy atom. The SMILES string of the molecule is Cc1oc(C(=O)O)cc1S(=O)(=O)NCCc1nccs1. The third kappa shape index (κ3) is 3.24. The van der Waals surface area contributed by atoms with E-state index in [2.05, 4.69) is 9.71 Å². The summed E-state index contributed by atoms with van der Waals surface area (Å²) in [7, 11) is -3.79. The molecule has 0 amide bonds. The first-order valence-electron chi connectivity index (χ1n) is 5.62. The molecule has 2 N–H and O–H groups in total. The molecule has 9 heteroatoms. The van der Waals surface area contributed by atoms with Gasteiger partial charge in [-0.15, -0.1) is 11.3 Å². The molecule has 0 spiro atoms. The summed E-state index contributed by atoms with van der Waals surface area (Å²) in [6.07, 6.45) is 2.12. The molecule has 0 aliphatic heterocycles. The molecule has 0 unspecified atom stereocenters. The number of carboxylic acid groups (broad SMARTS) is 1. The number of nitrogens with one attached hydrogen (secondary N) is 1. The molecule has 2 rings (SSSR count). The second-order valence-corrected chi connectivity index (χ2v) is 6.62. The number of aromatic nitrogens is 1. The molecule has 0 radical (unpaired) electrons. The van der Waals surface area contributed by atoms with Gasteiger partial charge in [-0.3, -0.25) is 0 Å². The number of furan rings is 1. The standard InChI is InChI=1S/C11H12N2O5S2/c1-7-9(6-8(18-7)11(14)15)20(16,17)13-3-2-10-12-4-5-19-10/h4-6,13H,2-3H2,1H3,(H,14,15). The molecular formula is C11H12N2O5S2. The van der Waals surface area contributed by atoms with Crippen LogP contribution in [0.2, 0.25) is 0 Å². The van der Waals surface area contributed by atoms with E-state index in [0.717, 1.165) is 11.1 Å². The number of nitrogens with zero attached hydrogens (tertiary/aromatic N) is 1. The minimum atomic E-state index is -3.79. The number of hydrogen-bond donors (Lipinski definition) is 2. The van der Waals surface area contributed by atoms with Crippen LogP contribution in [0.1, 0.15) is 21.3 Å². The van der Waals surface area contributed by atoms with Crippen molar-refractivity contribution in [3.8, 4) is 0 Å². The van der Waals surface area contributed by atoms with Crippen molar-refractivity contribution < 1.29 is 22.7 Å². The van der Waals surface area contributed by atoms with Gasteiger partial charge in [0.05, 0.1) is 5.01 Å². The van der Waals surface area contributed by atoms with Gasteiger partial charge in [0.25, 0.3) is 0 Å². The zero-order valence-corrected chi connectivity index (χ0v) is 12.1. The summed E-state index contributed by atoms with van der Waals surface area (Å²) in [4.78, 5) is 14.6. The van der Waals surface area contributed by atoms with E-state index in [1.807, 2.05) is 5.38 Å². The molecule has 20 heavy (non-hydrogen) atoms. The van der Waals surface area contributed by atoms with Crippen molar-refractivity contribution >= 4 is 27.3 Å². The number of rotatable bonds is 6. The van der Waals surface area contributed by atoms with Gasteiger partial charge in [0.2, 0.25) is 15.8 Å². The van der Waals surface area contributed by atoms with Crippen LogP contribution >= 0.6 is 11.3 Å². The van der Waals surface area contributed by atoms with Crippen molar-refractivity contribution in [2.75, 3.05) is 6.54 Å². The fourth-order valence-electron chi connectivity index (χ4n) is 1.58. The van der Waals surface area contributed by atoms with Gasteiger partial charge < -0.3 is 9.52 Å². The second kappa shape index (κ2) is 5.73. The molecule has 0 saturated heterocycles. The lowest BCUT2D eigenvalue weighted by Crippen LogP contribution is -2.26. The smallest absolute Gasteiger partial charge is 0.371 e. The van der Waals surface area contributed by atoms with Crippen molar-refractivity contribution in [3.63, 3.8) is 0 Å². The number of sulfonamides is 1. The molecule has 0 aliphatic carbocycles. The first-order chi connectivity index (χ1) is 9.40. The van der Waals surface area contributed by atoms with Gasteiger partial charge in [-0.05, 0) is 6.92 Å². The third-order valence-corrected chi connectivity index (χ3v) is 4.89. The van der Waals surface area contributed by atoms with Crippen LogP contribution in [-0.2, 0) is 16.4 Å². The molecule has 7 nitrogen and oxygen atoms in total.